The Morgan fingerprint density at radius 3 is 1.88 bits per heavy atom. The highest BCUT2D eigenvalue weighted by atomic mass is 16.5. The van der Waals surface area contributed by atoms with Crippen molar-refractivity contribution in [3.63, 3.8) is 0 Å². The maximum atomic E-state index is 12.4. The minimum Gasteiger partial charge on any atom is -0.494 e. The van der Waals surface area contributed by atoms with E-state index in [0.717, 1.165) is 24.7 Å². The van der Waals surface area contributed by atoms with E-state index >= 15 is 0 Å². The first kappa shape index (κ1) is 25.0. The number of unbranched alkanes of at least 4 members (excludes halogenated alkanes) is 4. The Kier molecular flexibility index (Phi) is 11.5. The van der Waals surface area contributed by atoms with Crippen molar-refractivity contribution >= 4 is 11.9 Å². The molecule has 0 saturated carbocycles. The van der Waals surface area contributed by atoms with Crippen LogP contribution < -0.4 is 14.2 Å². The maximum absolute atomic E-state index is 12.4. The van der Waals surface area contributed by atoms with Gasteiger partial charge in [-0.1, -0.05) is 32.8 Å². The fourth-order valence-corrected chi connectivity index (χ4v) is 2.80. The van der Waals surface area contributed by atoms with Crippen LogP contribution in [0, 0.1) is 0 Å². The molecule has 0 unspecified atom stereocenters. The van der Waals surface area contributed by atoms with Crippen LogP contribution >= 0.6 is 0 Å². The second-order valence-electron chi connectivity index (χ2n) is 7.22. The van der Waals surface area contributed by atoms with Gasteiger partial charge in [0.15, 0.2) is 0 Å². The molecule has 0 N–H and O–H groups in total. The molecule has 6 heteroatoms. The first-order chi connectivity index (χ1) is 15.6. The maximum Gasteiger partial charge on any atom is 0.343 e. The van der Waals surface area contributed by atoms with Crippen LogP contribution in [0.1, 0.15) is 55.8 Å². The largest absolute Gasteiger partial charge is 0.494 e. The van der Waals surface area contributed by atoms with Gasteiger partial charge in [0.1, 0.15) is 17.2 Å². The van der Waals surface area contributed by atoms with Gasteiger partial charge < -0.3 is 18.9 Å². The number of ether oxygens (including phenoxy) is 4. The zero-order valence-corrected chi connectivity index (χ0v) is 18.7. The van der Waals surface area contributed by atoms with E-state index in [4.69, 9.17) is 18.9 Å². The average molecular weight is 441 g/mol. The lowest BCUT2D eigenvalue weighted by molar-refractivity contribution is -0.137. The Morgan fingerprint density at radius 1 is 0.750 bits per heavy atom. The van der Waals surface area contributed by atoms with Crippen LogP contribution in [0.5, 0.6) is 17.2 Å². The van der Waals surface area contributed by atoms with Crippen molar-refractivity contribution in [2.75, 3.05) is 19.8 Å². The molecule has 0 spiro atoms. The molecule has 0 aromatic heterocycles. The standard InChI is InChI=1S/C26H32O6/c1-3-5-6-7-18-29-23-14-16-24(17-15-23)32-26(28)21-10-12-22(13-11-21)30-19-8-9-20-31-25(27)4-2/h4,10-17H,2-3,5-9,18-20H2,1H3. The van der Waals surface area contributed by atoms with Crippen LogP contribution in [0.25, 0.3) is 0 Å². The fourth-order valence-electron chi connectivity index (χ4n) is 2.80. The molecule has 0 aliphatic carbocycles. The molecule has 0 fully saturated rings. The second-order valence-corrected chi connectivity index (χ2v) is 7.22. The molecule has 0 aliphatic heterocycles. The van der Waals surface area contributed by atoms with E-state index in [9.17, 15) is 9.59 Å². The number of hydrogen-bond acceptors (Lipinski definition) is 6. The van der Waals surface area contributed by atoms with Gasteiger partial charge in [0.2, 0.25) is 0 Å². The van der Waals surface area contributed by atoms with E-state index < -0.39 is 11.9 Å². The lowest BCUT2D eigenvalue weighted by Crippen LogP contribution is -2.08. The predicted octanol–water partition coefficient (Wildman–Crippen LogP) is 5.75. The summed E-state index contributed by atoms with van der Waals surface area (Å²) < 4.78 is 21.7. The van der Waals surface area contributed by atoms with Crippen LogP contribution in [-0.2, 0) is 9.53 Å². The van der Waals surface area contributed by atoms with Crippen LogP contribution in [0.3, 0.4) is 0 Å². The number of carbonyl (C=O) groups is 2. The molecule has 0 aliphatic rings. The molecule has 2 aromatic rings. The summed E-state index contributed by atoms with van der Waals surface area (Å²) in [6, 6.07) is 13.8. The molecule has 0 amide bonds. The van der Waals surface area contributed by atoms with E-state index in [2.05, 4.69) is 13.5 Å². The summed E-state index contributed by atoms with van der Waals surface area (Å²) in [5, 5.41) is 0. The molecule has 0 radical (unpaired) electrons. The van der Waals surface area contributed by atoms with E-state index in [0.29, 0.717) is 43.3 Å². The lowest BCUT2D eigenvalue weighted by Gasteiger charge is -2.09. The Bertz CT molecular complexity index is 826. The highest BCUT2D eigenvalue weighted by Gasteiger charge is 2.09. The molecular weight excluding hydrogens is 408 g/mol. The van der Waals surface area contributed by atoms with Gasteiger partial charge in [0.05, 0.1) is 25.4 Å². The topological polar surface area (TPSA) is 71.1 Å². The Balaban J connectivity index is 1.69. The van der Waals surface area contributed by atoms with Crippen molar-refractivity contribution in [1.29, 1.82) is 0 Å². The van der Waals surface area contributed by atoms with Gasteiger partial charge >= 0.3 is 11.9 Å². The SMILES string of the molecule is C=CC(=O)OCCCCOc1ccc(C(=O)Oc2ccc(OCCCCCC)cc2)cc1. The van der Waals surface area contributed by atoms with Crippen molar-refractivity contribution < 1.29 is 28.5 Å². The van der Waals surface area contributed by atoms with E-state index in [1.54, 1.807) is 48.5 Å². The van der Waals surface area contributed by atoms with Gasteiger partial charge in [-0.2, -0.15) is 0 Å². The quantitative estimate of drug-likeness (QED) is 0.152. The summed E-state index contributed by atoms with van der Waals surface area (Å²) in [4.78, 5) is 23.3. The van der Waals surface area contributed by atoms with Crippen LogP contribution in [0.2, 0.25) is 0 Å². The van der Waals surface area contributed by atoms with Gasteiger partial charge in [-0.15, -0.1) is 0 Å². The van der Waals surface area contributed by atoms with Crippen molar-refractivity contribution in [3.8, 4) is 17.2 Å². The molecule has 2 rings (SSSR count). The molecule has 32 heavy (non-hydrogen) atoms. The number of esters is 2. The molecule has 0 atom stereocenters. The molecule has 0 saturated heterocycles. The number of carbonyl (C=O) groups excluding carboxylic acids is 2. The van der Waals surface area contributed by atoms with E-state index in [1.807, 2.05) is 0 Å². The number of rotatable bonds is 15. The Labute approximate surface area is 190 Å². The first-order valence-electron chi connectivity index (χ1n) is 11.1. The molecule has 0 bridgehead atoms. The molecule has 2 aromatic carbocycles. The second kappa shape index (κ2) is 14.7. The molecule has 6 nitrogen and oxygen atoms in total. The van der Waals surface area contributed by atoms with Gasteiger partial charge in [0, 0.05) is 6.08 Å². The summed E-state index contributed by atoms with van der Waals surface area (Å²) in [5.74, 6) is 1.03. The van der Waals surface area contributed by atoms with Crippen molar-refractivity contribution in [1.82, 2.24) is 0 Å². The van der Waals surface area contributed by atoms with Gasteiger partial charge in [-0.25, -0.2) is 9.59 Å². The average Bonchev–Trinajstić information content (AvgIpc) is 2.82. The Hall–Kier alpha value is -3.28. The minimum absolute atomic E-state index is 0.338. The van der Waals surface area contributed by atoms with Gasteiger partial charge in [-0.3, -0.25) is 0 Å². The van der Waals surface area contributed by atoms with Crippen LogP contribution in [0.4, 0.5) is 0 Å². The lowest BCUT2D eigenvalue weighted by atomic mass is 10.2. The fraction of sp³-hybridized carbons (Fsp3) is 0.385. The van der Waals surface area contributed by atoms with Gasteiger partial charge in [-0.05, 0) is 67.8 Å². The van der Waals surface area contributed by atoms with E-state index in [1.165, 1.54) is 19.3 Å². The third kappa shape index (κ3) is 9.69. The highest BCUT2D eigenvalue weighted by Crippen LogP contribution is 2.20. The Morgan fingerprint density at radius 2 is 1.28 bits per heavy atom. The van der Waals surface area contributed by atoms with Crippen LogP contribution in [-0.4, -0.2) is 31.8 Å². The van der Waals surface area contributed by atoms with Gasteiger partial charge in [0.25, 0.3) is 0 Å². The normalized spacial score (nSPS) is 10.3. The highest BCUT2D eigenvalue weighted by molar-refractivity contribution is 5.91. The van der Waals surface area contributed by atoms with Crippen LogP contribution in [0.15, 0.2) is 61.2 Å². The summed E-state index contributed by atoms with van der Waals surface area (Å²) in [6.07, 6.45) is 7.22. The summed E-state index contributed by atoms with van der Waals surface area (Å²) >= 11 is 0. The van der Waals surface area contributed by atoms with E-state index in [-0.39, 0.29) is 0 Å². The molecular formula is C26H32O6. The first-order valence-corrected chi connectivity index (χ1v) is 11.1. The molecule has 0 heterocycles. The predicted molar refractivity (Wildman–Crippen MR) is 123 cm³/mol. The number of benzene rings is 2. The zero-order valence-electron chi connectivity index (χ0n) is 18.7. The smallest absolute Gasteiger partial charge is 0.343 e. The van der Waals surface area contributed by atoms with Crippen molar-refractivity contribution in [2.24, 2.45) is 0 Å². The summed E-state index contributed by atoms with van der Waals surface area (Å²) in [7, 11) is 0. The molecule has 172 valence electrons. The monoisotopic (exact) mass is 440 g/mol. The summed E-state index contributed by atoms with van der Waals surface area (Å²) in [5.41, 5.74) is 0.435. The zero-order chi connectivity index (χ0) is 23.0. The van der Waals surface area contributed by atoms with Crippen molar-refractivity contribution in [3.05, 3.63) is 66.7 Å². The summed E-state index contributed by atoms with van der Waals surface area (Å²) in [6.45, 7) is 7.04. The third-order valence-corrected chi connectivity index (χ3v) is 4.61. The third-order valence-electron chi connectivity index (χ3n) is 4.61. The van der Waals surface area contributed by atoms with Crippen molar-refractivity contribution in [2.45, 2.75) is 45.4 Å². The minimum atomic E-state index is -0.436. The number of hydrogen-bond donors (Lipinski definition) is 0.